The van der Waals surface area contributed by atoms with Gasteiger partial charge in [0, 0.05) is 24.1 Å². The van der Waals surface area contributed by atoms with E-state index in [0.29, 0.717) is 29.1 Å². The number of ketones is 1. The number of aromatic nitrogens is 2. The second-order valence-electron chi connectivity index (χ2n) is 7.19. The normalized spacial score (nSPS) is 13.0. The Morgan fingerprint density at radius 3 is 2.41 bits per heavy atom. The summed E-state index contributed by atoms with van der Waals surface area (Å²) in [6.45, 7) is 2.70. The van der Waals surface area contributed by atoms with Crippen LogP contribution in [0.25, 0.3) is 0 Å². The van der Waals surface area contributed by atoms with Crippen molar-refractivity contribution in [2.45, 2.75) is 39.3 Å². The van der Waals surface area contributed by atoms with Crippen LogP contribution in [0.3, 0.4) is 0 Å². The lowest BCUT2D eigenvalue weighted by atomic mass is 10.0. The summed E-state index contributed by atoms with van der Waals surface area (Å²) < 4.78 is 20.6. The van der Waals surface area contributed by atoms with Gasteiger partial charge in [0.2, 0.25) is 5.88 Å². The van der Waals surface area contributed by atoms with Gasteiger partial charge in [-0.05, 0) is 49.6 Å². The molecule has 0 radical (unpaired) electrons. The van der Waals surface area contributed by atoms with Crippen LogP contribution in [-0.2, 0) is 19.6 Å². The van der Waals surface area contributed by atoms with E-state index in [1.54, 1.807) is 35.8 Å². The lowest BCUT2D eigenvalue weighted by Crippen LogP contribution is -2.30. The van der Waals surface area contributed by atoms with E-state index in [9.17, 15) is 14.0 Å². The molecule has 0 spiro atoms. The van der Waals surface area contributed by atoms with Gasteiger partial charge in [0.25, 0.3) is 5.56 Å². The van der Waals surface area contributed by atoms with Gasteiger partial charge in [-0.15, -0.1) is 0 Å². The Morgan fingerprint density at radius 1 is 1.07 bits per heavy atom. The van der Waals surface area contributed by atoms with E-state index in [1.807, 2.05) is 0 Å². The molecule has 0 aliphatic carbocycles. The van der Waals surface area contributed by atoms with E-state index >= 15 is 0 Å². The highest BCUT2D eigenvalue weighted by molar-refractivity contribution is 6.08. The molecule has 1 aliphatic heterocycles. The minimum atomic E-state index is -0.375. The number of rotatable bonds is 5. The summed E-state index contributed by atoms with van der Waals surface area (Å²) >= 11 is 0. The second-order valence-corrected chi connectivity index (χ2v) is 7.19. The monoisotopic (exact) mass is 392 g/mol. The summed E-state index contributed by atoms with van der Waals surface area (Å²) in [5, 5.41) is 0. The minimum absolute atomic E-state index is 0.0371. The van der Waals surface area contributed by atoms with Gasteiger partial charge in [-0.25, -0.2) is 4.39 Å². The molecule has 0 N–H and O–H groups in total. The van der Waals surface area contributed by atoms with E-state index in [4.69, 9.17) is 4.74 Å². The number of carbonyl (C=O) groups is 1. The maximum Gasteiger partial charge on any atom is 0.260 e. The number of aryl methyl sites for hydroxylation is 1. The SMILES string of the molecule is Cc1c(OCc2ccc(C(=O)c3ccc(F)cc3)cc2)nc2n(c1=O)CCCC2. The number of ether oxygens (including phenoxy) is 1. The molecule has 29 heavy (non-hydrogen) atoms. The Bertz CT molecular complexity index is 1100. The fourth-order valence-electron chi connectivity index (χ4n) is 3.46. The van der Waals surface area contributed by atoms with Crippen LogP contribution >= 0.6 is 0 Å². The summed E-state index contributed by atoms with van der Waals surface area (Å²) in [6, 6.07) is 12.5. The molecule has 1 aliphatic rings. The molecule has 0 saturated heterocycles. The molecular weight excluding hydrogens is 371 g/mol. The van der Waals surface area contributed by atoms with Gasteiger partial charge in [-0.2, -0.15) is 4.98 Å². The summed E-state index contributed by atoms with van der Waals surface area (Å²) in [6.07, 6.45) is 2.81. The van der Waals surface area contributed by atoms with Crippen LogP contribution < -0.4 is 10.3 Å². The Balaban J connectivity index is 1.47. The van der Waals surface area contributed by atoms with Gasteiger partial charge in [0.15, 0.2) is 5.78 Å². The zero-order valence-corrected chi connectivity index (χ0v) is 16.2. The van der Waals surface area contributed by atoms with Crippen molar-refractivity contribution >= 4 is 5.78 Å². The van der Waals surface area contributed by atoms with E-state index in [2.05, 4.69) is 4.98 Å². The first-order valence-corrected chi connectivity index (χ1v) is 9.65. The van der Waals surface area contributed by atoms with Crippen molar-refractivity contribution < 1.29 is 13.9 Å². The quantitative estimate of drug-likeness (QED) is 0.619. The van der Waals surface area contributed by atoms with Crippen LogP contribution in [-0.4, -0.2) is 15.3 Å². The van der Waals surface area contributed by atoms with Gasteiger partial charge < -0.3 is 4.74 Å². The van der Waals surface area contributed by atoms with Crippen LogP contribution in [0.2, 0.25) is 0 Å². The topological polar surface area (TPSA) is 61.2 Å². The molecule has 5 nitrogen and oxygen atoms in total. The molecular formula is C23H21FN2O3. The Hall–Kier alpha value is -3.28. The van der Waals surface area contributed by atoms with Crippen molar-refractivity contribution in [3.05, 3.63) is 92.8 Å². The number of benzene rings is 2. The number of nitrogens with zero attached hydrogens (tertiary/aromatic N) is 2. The van der Waals surface area contributed by atoms with E-state index in [1.165, 1.54) is 24.3 Å². The van der Waals surface area contributed by atoms with E-state index in [0.717, 1.165) is 30.7 Å². The van der Waals surface area contributed by atoms with Gasteiger partial charge >= 0.3 is 0 Å². The summed E-state index contributed by atoms with van der Waals surface area (Å²) in [4.78, 5) is 29.5. The third kappa shape index (κ3) is 3.97. The average molecular weight is 392 g/mol. The molecule has 4 rings (SSSR count). The lowest BCUT2D eigenvalue weighted by Gasteiger charge is -2.19. The van der Waals surface area contributed by atoms with Gasteiger partial charge in [0.1, 0.15) is 18.2 Å². The molecule has 0 amide bonds. The molecule has 0 atom stereocenters. The zero-order valence-electron chi connectivity index (χ0n) is 16.2. The van der Waals surface area contributed by atoms with Crippen molar-refractivity contribution in [3.63, 3.8) is 0 Å². The Kier molecular flexibility index (Phi) is 5.25. The number of hydrogen-bond acceptors (Lipinski definition) is 4. The van der Waals surface area contributed by atoms with Crippen molar-refractivity contribution in [1.82, 2.24) is 9.55 Å². The standard InChI is InChI=1S/C23H21FN2O3/c1-15-22(25-20-4-2-3-13-26(20)23(15)28)29-14-16-5-7-17(8-6-16)21(27)18-9-11-19(24)12-10-18/h5-12H,2-4,13-14H2,1H3. The van der Waals surface area contributed by atoms with E-state index in [-0.39, 0.29) is 23.8 Å². The van der Waals surface area contributed by atoms with Crippen molar-refractivity contribution in [2.75, 3.05) is 0 Å². The Morgan fingerprint density at radius 2 is 1.72 bits per heavy atom. The molecule has 6 heteroatoms. The highest BCUT2D eigenvalue weighted by atomic mass is 19.1. The van der Waals surface area contributed by atoms with Gasteiger partial charge in [-0.1, -0.05) is 24.3 Å². The largest absolute Gasteiger partial charge is 0.472 e. The van der Waals surface area contributed by atoms with Crippen LogP contribution in [0.15, 0.2) is 53.3 Å². The minimum Gasteiger partial charge on any atom is -0.472 e. The molecule has 3 aromatic rings. The van der Waals surface area contributed by atoms with Crippen LogP contribution in [0.4, 0.5) is 4.39 Å². The average Bonchev–Trinajstić information content (AvgIpc) is 2.76. The fraction of sp³-hybridized carbons (Fsp3) is 0.261. The second kappa shape index (κ2) is 7.99. The third-order valence-corrected chi connectivity index (χ3v) is 5.16. The predicted molar refractivity (Wildman–Crippen MR) is 107 cm³/mol. The summed E-state index contributed by atoms with van der Waals surface area (Å²) in [5.74, 6) is 0.606. The molecule has 0 bridgehead atoms. The van der Waals surface area contributed by atoms with Gasteiger partial charge in [0.05, 0.1) is 5.56 Å². The predicted octanol–water partition coefficient (Wildman–Crippen LogP) is 3.84. The lowest BCUT2D eigenvalue weighted by molar-refractivity contribution is 0.103. The molecule has 1 aromatic heterocycles. The summed E-state index contributed by atoms with van der Waals surface area (Å²) in [5.41, 5.74) is 2.29. The molecule has 0 fully saturated rings. The van der Waals surface area contributed by atoms with Gasteiger partial charge in [-0.3, -0.25) is 14.2 Å². The fourth-order valence-corrected chi connectivity index (χ4v) is 3.46. The number of hydrogen-bond donors (Lipinski definition) is 0. The Labute approximate surface area is 167 Å². The maximum atomic E-state index is 13.0. The zero-order chi connectivity index (χ0) is 20.4. The summed E-state index contributed by atoms with van der Waals surface area (Å²) in [7, 11) is 0. The molecule has 2 heterocycles. The van der Waals surface area contributed by atoms with Crippen LogP contribution in [0.5, 0.6) is 5.88 Å². The van der Waals surface area contributed by atoms with Crippen molar-refractivity contribution in [1.29, 1.82) is 0 Å². The molecule has 0 unspecified atom stereocenters. The first kappa shape index (κ1) is 19.1. The molecule has 2 aromatic carbocycles. The van der Waals surface area contributed by atoms with E-state index < -0.39 is 0 Å². The number of carbonyl (C=O) groups excluding carboxylic acids is 1. The highest BCUT2D eigenvalue weighted by Gasteiger charge is 2.17. The first-order valence-electron chi connectivity index (χ1n) is 9.65. The number of halogens is 1. The van der Waals surface area contributed by atoms with Crippen molar-refractivity contribution in [3.8, 4) is 5.88 Å². The van der Waals surface area contributed by atoms with Crippen LogP contribution in [0.1, 0.15) is 45.7 Å². The first-order chi connectivity index (χ1) is 14.0. The third-order valence-electron chi connectivity index (χ3n) is 5.16. The van der Waals surface area contributed by atoms with Crippen molar-refractivity contribution in [2.24, 2.45) is 0 Å². The molecule has 148 valence electrons. The smallest absolute Gasteiger partial charge is 0.260 e. The molecule has 0 saturated carbocycles. The highest BCUT2D eigenvalue weighted by Crippen LogP contribution is 2.18. The number of fused-ring (bicyclic) bond motifs is 1. The maximum absolute atomic E-state index is 13.0. The van der Waals surface area contributed by atoms with Crippen LogP contribution in [0, 0.1) is 12.7 Å².